The number of hydrazine groups is 1. The van der Waals surface area contributed by atoms with E-state index in [0.29, 0.717) is 22.7 Å². The maximum Gasteiger partial charge on any atom is 0.416 e. The van der Waals surface area contributed by atoms with Gasteiger partial charge < -0.3 is 20.7 Å². The third-order valence-corrected chi connectivity index (χ3v) is 3.77. The average Bonchev–Trinajstić information content (AvgIpc) is 2.69. The van der Waals surface area contributed by atoms with E-state index in [2.05, 4.69) is 10.6 Å². The molecule has 0 fully saturated rings. The highest BCUT2D eigenvalue weighted by molar-refractivity contribution is 5.98. The molecule has 0 bridgehead atoms. The summed E-state index contributed by atoms with van der Waals surface area (Å²) in [5, 5.41) is 3.99. The zero-order valence-corrected chi connectivity index (χ0v) is 15.2. The van der Waals surface area contributed by atoms with Gasteiger partial charge in [-0.05, 0) is 54.4 Å². The predicted molar refractivity (Wildman–Crippen MR) is 100.0 cm³/mol. The Kier molecular flexibility index (Phi) is 7.28. The quantitative estimate of drug-likeness (QED) is 0.363. The molecule has 2 rings (SSSR count). The number of benzene rings is 2. The van der Waals surface area contributed by atoms with Gasteiger partial charge in [0.2, 0.25) is 0 Å². The maximum atomic E-state index is 12.5. The van der Waals surface area contributed by atoms with Gasteiger partial charge in [-0.1, -0.05) is 17.3 Å². The minimum absolute atomic E-state index is 0.0664. The standard InChI is InChI=1S/C19H21F3N4O2/c1-13(15-4-8-18(9-5-15)27-12-17(10-23)25-24)26-28-11-14-2-6-16(7-3-14)19(20,21)22/h2-10,25H,11-12,23-24H2,1H3/b17-10-,26-13+. The second-order valence-corrected chi connectivity index (χ2v) is 5.79. The monoisotopic (exact) mass is 394 g/mol. The number of hydrogen-bond acceptors (Lipinski definition) is 6. The summed E-state index contributed by atoms with van der Waals surface area (Å²) in [6.45, 7) is 2.03. The molecule has 0 amide bonds. The third-order valence-electron chi connectivity index (χ3n) is 3.77. The molecule has 0 aliphatic carbocycles. The third kappa shape index (κ3) is 6.20. The number of alkyl halides is 3. The summed E-state index contributed by atoms with van der Waals surface area (Å²) in [5.41, 5.74) is 9.64. The van der Waals surface area contributed by atoms with Crippen molar-refractivity contribution in [3.05, 3.63) is 77.1 Å². The van der Waals surface area contributed by atoms with Gasteiger partial charge in [-0.2, -0.15) is 13.2 Å². The number of hydrogen-bond donors (Lipinski definition) is 3. The van der Waals surface area contributed by atoms with E-state index in [1.807, 2.05) is 0 Å². The molecule has 5 N–H and O–H groups in total. The van der Waals surface area contributed by atoms with Crippen molar-refractivity contribution in [2.45, 2.75) is 19.7 Å². The molecule has 0 saturated carbocycles. The fraction of sp³-hybridized carbons (Fsp3) is 0.211. The molecule has 6 nitrogen and oxygen atoms in total. The van der Waals surface area contributed by atoms with Crippen molar-refractivity contribution in [2.75, 3.05) is 6.61 Å². The van der Waals surface area contributed by atoms with Crippen molar-refractivity contribution in [3.8, 4) is 5.75 Å². The smallest absolute Gasteiger partial charge is 0.416 e. The fourth-order valence-corrected chi connectivity index (χ4v) is 2.14. The van der Waals surface area contributed by atoms with Gasteiger partial charge in [0.1, 0.15) is 19.0 Å². The molecule has 2 aromatic rings. The summed E-state index contributed by atoms with van der Waals surface area (Å²) in [7, 11) is 0. The molecule has 0 radical (unpaired) electrons. The molecule has 9 heteroatoms. The number of ether oxygens (including phenoxy) is 1. The van der Waals surface area contributed by atoms with Crippen molar-refractivity contribution in [3.63, 3.8) is 0 Å². The molecule has 0 saturated heterocycles. The van der Waals surface area contributed by atoms with Crippen LogP contribution >= 0.6 is 0 Å². The van der Waals surface area contributed by atoms with Gasteiger partial charge in [-0.25, -0.2) is 0 Å². The van der Waals surface area contributed by atoms with E-state index in [9.17, 15) is 13.2 Å². The highest BCUT2D eigenvalue weighted by atomic mass is 19.4. The first kappa shape index (κ1) is 21.1. The number of halogens is 3. The second-order valence-electron chi connectivity index (χ2n) is 5.79. The first-order valence-electron chi connectivity index (χ1n) is 8.27. The van der Waals surface area contributed by atoms with Gasteiger partial charge in [-0.3, -0.25) is 5.84 Å². The molecule has 28 heavy (non-hydrogen) atoms. The van der Waals surface area contributed by atoms with E-state index >= 15 is 0 Å². The van der Waals surface area contributed by atoms with Gasteiger partial charge in [0.25, 0.3) is 0 Å². The van der Waals surface area contributed by atoms with Gasteiger partial charge in [0.15, 0.2) is 0 Å². The Morgan fingerprint density at radius 2 is 1.75 bits per heavy atom. The molecular weight excluding hydrogens is 373 g/mol. The van der Waals surface area contributed by atoms with Crippen molar-refractivity contribution >= 4 is 5.71 Å². The predicted octanol–water partition coefficient (Wildman–Crippen LogP) is 3.29. The van der Waals surface area contributed by atoms with Crippen LogP contribution in [0.15, 0.2) is 65.6 Å². The molecule has 0 atom stereocenters. The second kappa shape index (κ2) is 9.65. The van der Waals surface area contributed by atoms with Crippen molar-refractivity contribution in [1.82, 2.24) is 5.43 Å². The highest BCUT2D eigenvalue weighted by Gasteiger charge is 2.29. The minimum Gasteiger partial charge on any atom is -0.487 e. The molecule has 0 aliphatic rings. The van der Waals surface area contributed by atoms with Crippen LogP contribution < -0.4 is 21.7 Å². The summed E-state index contributed by atoms with van der Waals surface area (Å²) >= 11 is 0. The molecule has 150 valence electrons. The van der Waals surface area contributed by atoms with Crippen molar-refractivity contribution in [1.29, 1.82) is 0 Å². The molecule has 0 aliphatic heterocycles. The van der Waals surface area contributed by atoms with E-state index in [4.69, 9.17) is 21.2 Å². The largest absolute Gasteiger partial charge is 0.487 e. The van der Waals surface area contributed by atoms with E-state index in [-0.39, 0.29) is 13.2 Å². The Balaban J connectivity index is 1.89. The fourth-order valence-electron chi connectivity index (χ4n) is 2.14. The molecule has 0 spiro atoms. The molecular formula is C19H21F3N4O2. The summed E-state index contributed by atoms with van der Waals surface area (Å²) in [5.74, 6) is 5.89. The van der Waals surface area contributed by atoms with Gasteiger partial charge in [-0.15, -0.1) is 0 Å². The SMILES string of the molecule is C/C(=N\OCc1ccc(C(F)(F)F)cc1)c1ccc(OC/C(=C/N)NN)cc1. The highest BCUT2D eigenvalue weighted by Crippen LogP contribution is 2.29. The first-order chi connectivity index (χ1) is 13.3. The lowest BCUT2D eigenvalue weighted by Gasteiger charge is -2.09. The Labute approximate surface area is 160 Å². The van der Waals surface area contributed by atoms with E-state index in [1.54, 1.807) is 31.2 Å². The average molecular weight is 394 g/mol. The van der Waals surface area contributed by atoms with Crippen LogP contribution in [0.2, 0.25) is 0 Å². The molecule has 0 unspecified atom stereocenters. The molecule has 2 aromatic carbocycles. The van der Waals surface area contributed by atoms with Crippen LogP contribution in [0.3, 0.4) is 0 Å². The number of nitrogens with two attached hydrogens (primary N) is 2. The van der Waals surface area contributed by atoms with Crippen molar-refractivity contribution in [2.24, 2.45) is 16.7 Å². The van der Waals surface area contributed by atoms with E-state index < -0.39 is 11.7 Å². The van der Waals surface area contributed by atoms with Gasteiger partial charge in [0, 0.05) is 6.20 Å². The van der Waals surface area contributed by atoms with Crippen molar-refractivity contribution < 1.29 is 22.7 Å². The van der Waals surface area contributed by atoms with E-state index in [0.717, 1.165) is 17.7 Å². The zero-order chi connectivity index (χ0) is 20.6. The maximum absolute atomic E-state index is 12.5. The Bertz CT molecular complexity index is 817. The van der Waals surface area contributed by atoms with E-state index in [1.165, 1.54) is 18.3 Å². The van der Waals surface area contributed by atoms with Gasteiger partial charge in [0.05, 0.1) is 17.0 Å². The number of oxime groups is 1. The summed E-state index contributed by atoms with van der Waals surface area (Å²) in [6, 6.07) is 11.9. The lowest BCUT2D eigenvalue weighted by atomic mass is 10.1. The summed E-state index contributed by atoms with van der Waals surface area (Å²) in [6.07, 6.45) is -3.04. The topological polar surface area (TPSA) is 94.9 Å². The molecule has 0 heterocycles. The minimum atomic E-state index is -4.35. The Morgan fingerprint density at radius 1 is 1.11 bits per heavy atom. The number of rotatable bonds is 8. The summed E-state index contributed by atoms with van der Waals surface area (Å²) < 4.78 is 43.1. The van der Waals surface area contributed by atoms with Crippen LogP contribution in [0, 0.1) is 0 Å². The number of nitrogens with zero attached hydrogens (tertiary/aromatic N) is 1. The first-order valence-corrected chi connectivity index (χ1v) is 8.27. The Morgan fingerprint density at radius 3 is 2.29 bits per heavy atom. The Hall–Kier alpha value is -3.20. The van der Waals surface area contributed by atoms with Gasteiger partial charge >= 0.3 is 6.18 Å². The van der Waals surface area contributed by atoms with Crippen LogP contribution in [0.25, 0.3) is 0 Å². The van der Waals surface area contributed by atoms with Crippen LogP contribution in [-0.2, 0) is 17.6 Å². The van der Waals surface area contributed by atoms with Crippen LogP contribution in [0.1, 0.15) is 23.6 Å². The number of nitrogens with one attached hydrogen (secondary N) is 1. The zero-order valence-electron chi connectivity index (χ0n) is 15.2. The lowest BCUT2D eigenvalue weighted by Crippen LogP contribution is -2.26. The summed E-state index contributed by atoms with van der Waals surface area (Å²) in [4.78, 5) is 5.23. The van der Waals surface area contributed by atoms with Crippen LogP contribution in [0.5, 0.6) is 5.75 Å². The van der Waals surface area contributed by atoms with Crippen LogP contribution in [-0.4, -0.2) is 12.3 Å². The molecule has 0 aromatic heterocycles. The van der Waals surface area contributed by atoms with Crippen LogP contribution in [0.4, 0.5) is 13.2 Å². The lowest BCUT2D eigenvalue weighted by molar-refractivity contribution is -0.137. The normalized spacial score (nSPS) is 12.6.